The van der Waals surface area contributed by atoms with Gasteiger partial charge in [0.05, 0.1) is 0 Å². The van der Waals surface area contributed by atoms with E-state index in [-0.39, 0.29) is 0 Å². The van der Waals surface area contributed by atoms with Crippen LogP contribution in [-0.2, 0) is 0 Å². The van der Waals surface area contributed by atoms with Crippen LogP contribution in [0, 0.1) is 0 Å². The lowest BCUT2D eigenvalue weighted by Gasteiger charge is -2.17. The van der Waals surface area contributed by atoms with E-state index in [2.05, 4.69) is 10.5 Å². The molecule has 0 saturated heterocycles. The highest BCUT2D eigenvalue weighted by Crippen LogP contribution is 2.38. The van der Waals surface area contributed by atoms with Gasteiger partial charge in [0.25, 0.3) is 0 Å². The maximum absolute atomic E-state index is 12.4. The van der Waals surface area contributed by atoms with Crippen molar-refractivity contribution in [2.45, 2.75) is 12.1 Å². The van der Waals surface area contributed by atoms with Crippen LogP contribution in [-0.4, -0.2) is 17.8 Å². The number of hydrogen-bond acceptors (Lipinski definition) is 1. The maximum atomic E-state index is 12.4. The van der Waals surface area contributed by atoms with Gasteiger partial charge in [0, 0.05) is 6.08 Å². The van der Waals surface area contributed by atoms with Crippen LogP contribution in [0.25, 0.3) is 0 Å². The first kappa shape index (κ1) is 10.2. The van der Waals surface area contributed by atoms with Crippen LogP contribution in [0.3, 0.4) is 0 Å². The van der Waals surface area contributed by atoms with Crippen molar-refractivity contribution < 1.29 is 22.0 Å². The summed E-state index contributed by atoms with van der Waals surface area (Å²) in [5, 5.41) is 2.10. The molecule has 8 heteroatoms. The molecule has 1 aliphatic heterocycles. The van der Waals surface area contributed by atoms with E-state index in [1.54, 1.807) is 0 Å². The highest BCUT2D eigenvalue weighted by molar-refractivity contribution is 6.32. The number of halogens is 6. The van der Waals surface area contributed by atoms with Gasteiger partial charge in [-0.2, -0.15) is 22.0 Å². The summed E-state index contributed by atoms with van der Waals surface area (Å²) >= 11 is 5.04. The summed E-state index contributed by atoms with van der Waals surface area (Å²) in [5.41, 5.74) is 1.34. The van der Waals surface area contributed by atoms with Crippen molar-refractivity contribution in [3.8, 4) is 0 Å². The molecule has 0 unspecified atom stereocenters. The molecule has 0 bridgehead atoms. The summed E-state index contributed by atoms with van der Waals surface area (Å²) in [6.45, 7) is 0. The molecule has 0 aromatic heterocycles. The van der Waals surface area contributed by atoms with Gasteiger partial charge in [-0.25, -0.2) is 0 Å². The van der Waals surface area contributed by atoms with Gasteiger partial charge in [-0.05, 0) is 0 Å². The minimum Gasteiger partial charge on any atom is -0.189 e. The predicted molar refractivity (Wildman–Crippen MR) is 34.5 cm³/mol. The molecule has 2 nitrogen and oxygen atoms in total. The van der Waals surface area contributed by atoms with Crippen LogP contribution < -0.4 is 5.43 Å². The topological polar surface area (TPSA) is 26.5 Å². The number of allylic oxidation sites excluding steroid dienone is 1. The first-order valence-corrected chi connectivity index (χ1v) is 3.24. The quantitative estimate of drug-likeness (QED) is 0.478. The fourth-order valence-electron chi connectivity index (χ4n) is 0.571. The molecule has 1 radical (unpaired) electrons. The third kappa shape index (κ3) is 1.74. The average Bonchev–Trinajstić information content (AvgIpc) is 2.33. The summed E-state index contributed by atoms with van der Waals surface area (Å²) in [5.74, 6) is -5.01. The average molecular weight is 220 g/mol. The first-order chi connectivity index (χ1) is 5.75. The summed E-state index contributed by atoms with van der Waals surface area (Å²) in [6.07, 6.45) is -5.31. The van der Waals surface area contributed by atoms with E-state index in [4.69, 9.17) is 11.6 Å². The van der Waals surface area contributed by atoms with Crippen molar-refractivity contribution in [1.82, 2.24) is 5.43 Å². The van der Waals surface area contributed by atoms with Gasteiger partial charge in [-0.3, -0.25) is 0 Å². The fourth-order valence-corrected chi connectivity index (χ4v) is 0.712. The second-order valence-electron chi connectivity index (χ2n) is 2.12. The molecule has 1 heterocycles. The Hall–Kier alpha value is -0.850. The predicted octanol–water partition coefficient (Wildman–Crippen LogP) is 2.24. The molecule has 0 N–H and O–H groups in total. The number of alkyl halides is 5. The van der Waals surface area contributed by atoms with Crippen molar-refractivity contribution in [2.75, 3.05) is 0 Å². The molecule has 1 aliphatic rings. The third-order valence-electron chi connectivity index (χ3n) is 1.19. The molecule has 0 aliphatic carbocycles. The molecular formula is C5HClF5N2. The second kappa shape index (κ2) is 2.83. The monoisotopic (exact) mass is 219 g/mol. The molecule has 0 spiro atoms. The van der Waals surface area contributed by atoms with Crippen molar-refractivity contribution in [2.24, 2.45) is 5.10 Å². The van der Waals surface area contributed by atoms with E-state index in [9.17, 15) is 22.0 Å². The minimum atomic E-state index is -5.68. The van der Waals surface area contributed by atoms with E-state index in [0.717, 1.165) is 0 Å². The van der Waals surface area contributed by atoms with Gasteiger partial charge in [-0.15, -0.1) is 10.5 Å². The van der Waals surface area contributed by atoms with Gasteiger partial charge < -0.3 is 0 Å². The smallest absolute Gasteiger partial charge is 0.189 e. The first-order valence-electron chi connectivity index (χ1n) is 2.86. The second-order valence-corrected chi connectivity index (χ2v) is 2.51. The SMILES string of the molecule is FC(F)(F)C(F)(F)C1=N[N]C(Cl)=C1. The van der Waals surface area contributed by atoms with Gasteiger partial charge >= 0.3 is 12.1 Å². The third-order valence-corrected chi connectivity index (χ3v) is 1.37. The highest BCUT2D eigenvalue weighted by atomic mass is 35.5. The number of nitrogens with zero attached hydrogens (tertiary/aromatic N) is 2. The van der Waals surface area contributed by atoms with E-state index >= 15 is 0 Å². The van der Waals surface area contributed by atoms with Crippen LogP contribution in [0.2, 0.25) is 0 Å². The zero-order chi connectivity index (χ0) is 10.3. The molecule has 0 amide bonds. The van der Waals surface area contributed by atoms with Crippen molar-refractivity contribution in [3.05, 3.63) is 11.2 Å². The Kier molecular flexibility index (Phi) is 2.23. The van der Waals surface area contributed by atoms with Gasteiger partial charge in [0.1, 0.15) is 5.71 Å². The fraction of sp³-hybridized carbons (Fsp3) is 0.400. The summed E-state index contributed by atoms with van der Waals surface area (Å²) < 4.78 is 59.8. The Balaban J connectivity index is 2.95. The summed E-state index contributed by atoms with van der Waals surface area (Å²) in [7, 11) is 0. The Morgan fingerprint density at radius 1 is 1.15 bits per heavy atom. The Morgan fingerprint density at radius 2 is 1.69 bits per heavy atom. The lowest BCUT2D eigenvalue weighted by molar-refractivity contribution is -0.248. The van der Waals surface area contributed by atoms with Crippen molar-refractivity contribution in [3.63, 3.8) is 0 Å². The zero-order valence-electron chi connectivity index (χ0n) is 5.74. The molecule has 73 valence electrons. The van der Waals surface area contributed by atoms with Crippen molar-refractivity contribution in [1.29, 1.82) is 0 Å². The normalized spacial score (nSPS) is 18.0. The molecule has 13 heavy (non-hydrogen) atoms. The van der Waals surface area contributed by atoms with Crippen LogP contribution >= 0.6 is 11.6 Å². The van der Waals surface area contributed by atoms with E-state index in [1.165, 1.54) is 0 Å². The standard InChI is InChI=1S/C5HClF5N2/c6-3-1-2(12-13-3)4(7,8)5(9,10)11/h1H. The number of hydrogen-bond donors (Lipinski definition) is 0. The van der Waals surface area contributed by atoms with Crippen molar-refractivity contribution >= 4 is 17.3 Å². The van der Waals surface area contributed by atoms with Gasteiger partial charge in [0.2, 0.25) is 0 Å². The van der Waals surface area contributed by atoms with Gasteiger partial charge in [-0.1, -0.05) is 11.6 Å². The zero-order valence-corrected chi connectivity index (χ0v) is 6.50. The minimum absolute atomic E-state index is 0.370. The molecule has 1 rings (SSSR count). The lowest BCUT2D eigenvalue weighted by atomic mass is 10.2. The Labute approximate surface area is 74.0 Å². The largest absolute Gasteiger partial charge is 0.459 e. The summed E-state index contributed by atoms with van der Waals surface area (Å²) in [6, 6.07) is 0. The van der Waals surface area contributed by atoms with E-state index < -0.39 is 23.0 Å². The molecule has 0 aromatic rings. The Morgan fingerprint density at radius 3 is 2.00 bits per heavy atom. The van der Waals surface area contributed by atoms with E-state index in [1.807, 2.05) is 0 Å². The van der Waals surface area contributed by atoms with Crippen LogP contribution in [0.15, 0.2) is 16.3 Å². The molecule has 0 aromatic carbocycles. The Bertz CT molecular complexity index is 279. The van der Waals surface area contributed by atoms with Crippen LogP contribution in [0.1, 0.15) is 0 Å². The number of rotatable bonds is 1. The highest BCUT2D eigenvalue weighted by Gasteiger charge is 2.61. The molecular weight excluding hydrogens is 219 g/mol. The van der Waals surface area contributed by atoms with Crippen LogP contribution in [0.4, 0.5) is 22.0 Å². The maximum Gasteiger partial charge on any atom is 0.459 e. The molecule has 0 fully saturated rings. The molecule has 0 saturated carbocycles. The van der Waals surface area contributed by atoms with E-state index in [0.29, 0.717) is 6.08 Å². The lowest BCUT2D eigenvalue weighted by Crippen LogP contribution is -2.42. The van der Waals surface area contributed by atoms with Gasteiger partial charge in [0.15, 0.2) is 5.16 Å². The molecule has 0 atom stereocenters. The van der Waals surface area contributed by atoms with Crippen LogP contribution in [0.5, 0.6) is 0 Å². The summed E-state index contributed by atoms with van der Waals surface area (Å²) in [4.78, 5) is 0.